The third-order valence-electron chi connectivity index (χ3n) is 5.02. The Morgan fingerprint density at radius 3 is 2.62 bits per heavy atom. The highest BCUT2D eigenvalue weighted by molar-refractivity contribution is 7.81. The Hall–Kier alpha value is -3.86. The molecular weight excluding hydrogens is 462 g/mol. The fraction of sp³-hybridized carbons (Fsp3) is 0.261. The van der Waals surface area contributed by atoms with E-state index in [0.29, 0.717) is 17.7 Å². The molecule has 10 nitrogen and oxygen atoms in total. The average Bonchev–Trinajstić information content (AvgIpc) is 3.23. The minimum absolute atomic E-state index is 0.0672. The molecule has 2 atom stereocenters. The van der Waals surface area contributed by atoms with Crippen molar-refractivity contribution in [2.75, 3.05) is 18.5 Å². The summed E-state index contributed by atoms with van der Waals surface area (Å²) in [5.41, 5.74) is 1.14. The van der Waals surface area contributed by atoms with Crippen LogP contribution in [0.3, 0.4) is 0 Å². The first-order valence-electron chi connectivity index (χ1n) is 10.3. The summed E-state index contributed by atoms with van der Waals surface area (Å²) in [7, 11) is 0. The number of carbonyl (C=O) groups excluding carboxylic acids is 3. The Kier molecular flexibility index (Phi) is 8.25. The number of amides is 2. The third-order valence-corrected chi connectivity index (χ3v) is 5.40. The number of benzene rings is 2. The van der Waals surface area contributed by atoms with Crippen LogP contribution in [0.2, 0.25) is 0 Å². The molecule has 1 heterocycles. The van der Waals surface area contributed by atoms with E-state index in [4.69, 9.17) is 9.47 Å². The Bertz CT molecular complexity index is 1090. The fourth-order valence-electron chi connectivity index (χ4n) is 3.37. The molecule has 0 aliphatic carbocycles. The minimum Gasteiger partial charge on any atom is -0.458 e. The van der Waals surface area contributed by atoms with Crippen LogP contribution in [0.15, 0.2) is 61.2 Å². The molecule has 1 N–H and O–H groups in total. The van der Waals surface area contributed by atoms with Crippen LogP contribution in [0.1, 0.15) is 22.3 Å². The summed E-state index contributed by atoms with van der Waals surface area (Å²) in [4.78, 5) is 49.1. The molecule has 0 radical (unpaired) electrons. The molecule has 2 aromatic carbocycles. The van der Waals surface area contributed by atoms with Gasteiger partial charge in [-0.15, -0.1) is 0 Å². The number of hydrogen-bond acceptors (Lipinski definition) is 8. The highest BCUT2D eigenvalue weighted by Crippen LogP contribution is 2.25. The number of nitro benzene ring substituents is 1. The smallest absolute Gasteiger partial charge is 0.410 e. The van der Waals surface area contributed by atoms with Crippen molar-refractivity contribution in [3.05, 3.63) is 82.4 Å². The first-order valence-corrected chi connectivity index (χ1v) is 10.8. The molecule has 1 fully saturated rings. The van der Waals surface area contributed by atoms with Crippen LogP contribution in [0.5, 0.6) is 0 Å². The molecule has 0 saturated carbocycles. The third kappa shape index (κ3) is 6.35. The van der Waals surface area contributed by atoms with Crippen LogP contribution >= 0.6 is 12.6 Å². The Morgan fingerprint density at radius 2 is 1.94 bits per heavy atom. The first kappa shape index (κ1) is 24.8. The Balaban J connectivity index is 1.62. The predicted octanol–water partition coefficient (Wildman–Crippen LogP) is 3.59. The van der Waals surface area contributed by atoms with Gasteiger partial charge in [0, 0.05) is 29.6 Å². The molecule has 2 amide bonds. The maximum atomic E-state index is 12.9. The van der Waals surface area contributed by atoms with Gasteiger partial charge in [-0.2, -0.15) is 12.6 Å². The minimum atomic E-state index is -0.816. The van der Waals surface area contributed by atoms with E-state index in [-0.39, 0.29) is 36.3 Å². The summed E-state index contributed by atoms with van der Waals surface area (Å²) in [6.07, 6.45) is 1.08. The second-order valence-electron chi connectivity index (χ2n) is 7.49. The molecule has 1 aliphatic rings. The van der Waals surface area contributed by atoms with E-state index in [0.717, 1.165) is 0 Å². The zero-order valence-electron chi connectivity index (χ0n) is 18.1. The van der Waals surface area contributed by atoms with Crippen molar-refractivity contribution < 1.29 is 28.8 Å². The van der Waals surface area contributed by atoms with Crippen molar-refractivity contribution in [1.82, 2.24) is 4.90 Å². The number of anilines is 1. The Labute approximate surface area is 201 Å². The maximum absolute atomic E-state index is 12.9. The van der Waals surface area contributed by atoms with E-state index in [9.17, 15) is 24.5 Å². The lowest BCUT2D eigenvalue weighted by molar-refractivity contribution is -0.384. The number of ether oxygens (including phenoxy) is 2. The van der Waals surface area contributed by atoms with Gasteiger partial charge in [0.05, 0.1) is 10.5 Å². The van der Waals surface area contributed by atoms with E-state index in [1.54, 1.807) is 18.2 Å². The molecule has 0 aromatic heterocycles. The number of nitrogens with zero attached hydrogens (tertiary/aromatic N) is 2. The van der Waals surface area contributed by atoms with Crippen LogP contribution < -0.4 is 5.32 Å². The lowest BCUT2D eigenvalue weighted by atomic mass is 10.1. The van der Waals surface area contributed by atoms with Crippen LogP contribution in [0, 0.1) is 10.1 Å². The lowest BCUT2D eigenvalue weighted by Gasteiger charge is -2.23. The first-order chi connectivity index (χ1) is 16.3. The number of thiol groups is 1. The molecule has 0 bridgehead atoms. The highest BCUT2D eigenvalue weighted by Gasteiger charge is 2.39. The van der Waals surface area contributed by atoms with Crippen molar-refractivity contribution in [3.63, 3.8) is 0 Å². The van der Waals surface area contributed by atoms with Gasteiger partial charge in [-0.05, 0) is 42.3 Å². The topological polar surface area (TPSA) is 128 Å². The van der Waals surface area contributed by atoms with Gasteiger partial charge in [-0.25, -0.2) is 9.59 Å². The van der Waals surface area contributed by atoms with E-state index in [2.05, 4.69) is 24.5 Å². The largest absolute Gasteiger partial charge is 0.458 e. The number of nitro groups is 1. The molecule has 0 unspecified atom stereocenters. The number of carbonyl (C=O) groups is 3. The maximum Gasteiger partial charge on any atom is 0.410 e. The Morgan fingerprint density at radius 1 is 1.21 bits per heavy atom. The van der Waals surface area contributed by atoms with E-state index in [1.165, 1.54) is 41.3 Å². The van der Waals surface area contributed by atoms with Gasteiger partial charge in [0.2, 0.25) is 5.91 Å². The van der Waals surface area contributed by atoms with Crippen molar-refractivity contribution in [2.45, 2.75) is 24.3 Å². The second-order valence-corrected chi connectivity index (χ2v) is 8.22. The van der Waals surface area contributed by atoms with Gasteiger partial charge < -0.3 is 14.8 Å². The molecule has 0 spiro atoms. The number of esters is 1. The molecule has 1 aliphatic heterocycles. The average molecular weight is 486 g/mol. The number of likely N-dealkylation sites (tertiary alicyclic amines) is 1. The number of rotatable bonds is 8. The zero-order valence-corrected chi connectivity index (χ0v) is 19.0. The fourth-order valence-corrected chi connectivity index (χ4v) is 3.75. The number of non-ortho nitro benzene ring substituents is 1. The molecule has 34 heavy (non-hydrogen) atoms. The predicted molar refractivity (Wildman–Crippen MR) is 127 cm³/mol. The molecule has 1 saturated heterocycles. The summed E-state index contributed by atoms with van der Waals surface area (Å²) < 4.78 is 10.3. The van der Waals surface area contributed by atoms with Gasteiger partial charge in [-0.3, -0.25) is 19.8 Å². The molecule has 2 aromatic rings. The van der Waals surface area contributed by atoms with Crippen LogP contribution in [0.25, 0.3) is 0 Å². The quantitative estimate of drug-likeness (QED) is 0.192. The van der Waals surface area contributed by atoms with Crippen molar-refractivity contribution in [2.24, 2.45) is 0 Å². The van der Waals surface area contributed by atoms with Gasteiger partial charge in [0.15, 0.2) is 0 Å². The summed E-state index contributed by atoms with van der Waals surface area (Å²) in [6, 6.07) is 11.1. The lowest BCUT2D eigenvalue weighted by Crippen LogP contribution is -2.43. The highest BCUT2D eigenvalue weighted by atomic mass is 32.1. The van der Waals surface area contributed by atoms with Gasteiger partial charge in [-0.1, -0.05) is 18.7 Å². The summed E-state index contributed by atoms with van der Waals surface area (Å²) in [5.74, 6) is -0.996. The molecule has 11 heteroatoms. The summed E-state index contributed by atoms with van der Waals surface area (Å²) in [5, 5.41) is 13.2. The van der Waals surface area contributed by atoms with Crippen molar-refractivity contribution in [3.8, 4) is 0 Å². The standard InChI is InChI=1S/C23H23N3O7S/c1-2-10-32-22(28)16-4-3-5-17(11-16)24-21(27)20-12-19(34)13-25(20)23(29)33-14-15-6-8-18(9-7-15)26(30)31/h2-9,11,19-20,34H,1,10,12-14H2,(H,24,27)/t19-,20-/m0/s1. The van der Waals surface area contributed by atoms with Crippen LogP contribution in [0.4, 0.5) is 16.2 Å². The van der Waals surface area contributed by atoms with Crippen molar-refractivity contribution >= 4 is 42.0 Å². The molecular formula is C23H23N3O7S. The van der Waals surface area contributed by atoms with Gasteiger partial charge in [0.25, 0.3) is 5.69 Å². The van der Waals surface area contributed by atoms with Crippen LogP contribution in [-0.2, 0) is 20.9 Å². The van der Waals surface area contributed by atoms with Gasteiger partial charge in [0.1, 0.15) is 19.3 Å². The normalized spacial score (nSPS) is 17.0. The number of nitrogens with one attached hydrogen (secondary N) is 1. The monoisotopic (exact) mass is 485 g/mol. The molecule has 3 rings (SSSR count). The van der Waals surface area contributed by atoms with E-state index < -0.39 is 28.9 Å². The van der Waals surface area contributed by atoms with Crippen molar-refractivity contribution in [1.29, 1.82) is 0 Å². The van der Waals surface area contributed by atoms with E-state index in [1.807, 2.05) is 0 Å². The SMILES string of the molecule is C=CCOC(=O)c1cccc(NC(=O)[C@@H]2C[C@H](S)CN2C(=O)OCc2ccc([N+](=O)[O-])cc2)c1. The summed E-state index contributed by atoms with van der Waals surface area (Å²) in [6.45, 7) is 3.67. The molecule has 178 valence electrons. The second kappa shape index (κ2) is 11.3. The zero-order chi connectivity index (χ0) is 24.7. The number of hydrogen-bond donors (Lipinski definition) is 2. The van der Waals surface area contributed by atoms with Gasteiger partial charge >= 0.3 is 12.1 Å². The van der Waals surface area contributed by atoms with E-state index >= 15 is 0 Å². The summed E-state index contributed by atoms with van der Waals surface area (Å²) >= 11 is 4.41. The van der Waals surface area contributed by atoms with Crippen LogP contribution in [-0.4, -0.2) is 52.2 Å².